The molecular weight excluding hydrogens is 1960 g/mol. The molecule has 46 heteroatoms. The lowest BCUT2D eigenvalue weighted by Crippen LogP contribution is -2.52. The Bertz CT molecular complexity index is 5690. The Morgan fingerprint density at radius 3 is 1.32 bits per heavy atom. The number of primary sulfonamides is 1. The van der Waals surface area contributed by atoms with Gasteiger partial charge in [0.15, 0.2) is 26.2 Å². The third kappa shape index (κ3) is 19.5. The first kappa shape index (κ1) is 93.3. The highest BCUT2D eigenvalue weighted by Gasteiger charge is 2.50. The normalized spacial score (nSPS) is 20.6. The molecule has 6 fully saturated rings. The van der Waals surface area contributed by atoms with Gasteiger partial charge >= 0.3 is 16.1 Å². The van der Waals surface area contributed by atoms with Gasteiger partial charge in [-0.15, -0.1) is 0 Å². The van der Waals surface area contributed by atoms with Gasteiger partial charge in [-0.1, -0.05) is 78.8 Å². The summed E-state index contributed by atoms with van der Waals surface area (Å²) in [6.45, 7) is 15.2. The lowest BCUT2D eigenvalue weighted by molar-refractivity contribution is -0.154. The minimum absolute atomic E-state index is 0. The fourth-order valence-electron chi connectivity index (χ4n) is 17.2. The Labute approximate surface area is 767 Å². The van der Waals surface area contributed by atoms with Crippen LogP contribution in [0.25, 0.3) is 0 Å². The number of amides is 2. The minimum atomic E-state index is -4.25. The second kappa shape index (κ2) is 37.8. The smallest absolute Gasteiger partial charge is 0.346 e. The van der Waals surface area contributed by atoms with Gasteiger partial charge in [-0.05, 0) is 156 Å². The zero-order valence-corrected chi connectivity index (χ0v) is 78.1. The molecule has 2 amide bonds. The van der Waals surface area contributed by atoms with E-state index in [0.717, 1.165) is 154 Å². The molecule has 0 unspecified atom stereocenters. The third-order valence-electron chi connectivity index (χ3n) is 24.3. The van der Waals surface area contributed by atoms with E-state index in [0.29, 0.717) is 91.1 Å². The number of nitrogen functional groups attached to an aromatic ring is 1. The largest absolute Gasteiger partial charge is 0.477 e. The second-order valence-corrected chi connectivity index (χ2v) is 42.3. The highest BCUT2D eigenvalue weighted by Crippen LogP contribution is 2.47. The van der Waals surface area contributed by atoms with Gasteiger partial charge in [0.25, 0.3) is 10.0 Å². The average molecular weight is 2060 g/mol. The molecule has 12 N–H and O–H groups in total. The summed E-state index contributed by atoms with van der Waals surface area (Å²) in [7, 11) is -12.1. The molecular formula is C80H98Br3Cl3N16O21S3. The van der Waals surface area contributed by atoms with Crippen LogP contribution in [-0.2, 0) is 147 Å². The predicted molar refractivity (Wildman–Crippen MR) is 470 cm³/mol. The number of carbonyl (C=O) groups is 2. The molecule has 5 aromatic heterocycles. The summed E-state index contributed by atoms with van der Waals surface area (Å²) in [4.78, 5) is 22.5. The number of sulfonamides is 2. The molecule has 0 atom stereocenters. The first-order valence-electron chi connectivity index (χ1n) is 40.6. The number of urea groups is 1. The van der Waals surface area contributed by atoms with Gasteiger partial charge in [0, 0.05) is 44.7 Å². The predicted octanol–water partition coefficient (Wildman–Crippen LogP) is 8.13. The summed E-state index contributed by atoms with van der Waals surface area (Å²) in [5.41, 5.74) is 19.5. The van der Waals surface area contributed by atoms with E-state index in [-0.39, 0.29) is 97.6 Å². The quantitative estimate of drug-likeness (QED) is 0.0451. The molecule has 6 saturated heterocycles. The number of aromatic nitrogens is 10. The number of carbonyl (C=O) groups excluding carboxylic acids is 2. The number of alkyl halides is 2. The molecule has 0 bridgehead atoms. The summed E-state index contributed by atoms with van der Waals surface area (Å²) in [6, 6.07) is 8.50. The maximum absolute atomic E-state index is 12.9. The number of hydrogen-bond acceptors (Lipinski definition) is 28. The summed E-state index contributed by atoms with van der Waals surface area (Å²) < 4.78 is 149. The van der Waals surface area contributed by atoms with Crippen molar-refractivity contribution < 1.29 is 96.6 Å². The number of nitrogens with one attached hydrogen (secondary N) is 3. The van der Waals surface area contributed by atoms with Gasteiger partial charge in [-0.3, -0.25) is 4.79 Å². The molecule has 16 aliphatic rings. The van der Waals surface area contributed by atoms with Gasteiger partial charge in [0.1, 0.15) is 33.0 Å². The van der Waals surface area contributed by atoms with E-state index in [1.807, 2.05) is 15.4 Å². The van der Waals surface area contributed by atoms with E-state index in [1.54, 1.807) is 18.6 Å². The van der Waals surface area contributed by atoms with Crippen molar-refractivity contribution in [3.05, 3.63) is 138 Å². The van der Waals surface area contributed by atoms with E-state index in [2.05, 4.69) is 101 Å². The number of aryl methyl sites for hydroxylation is 4. The Balaban J connectivity index is 0.000000116. The molecule has 12 aliphatic heterocycles. The van der Waals surface area contributed by atoms with E-state index in [9.17, 15) is 34.8 Å². The monoisotopic (exact) mass is 2060 g/mol. The van der Waals surface area contributed by atoms with Gasteiger partial charge in [0.2, 0.25) is 39.4 Å². The third-order valence-corrected chi connectivity index (χ3v) is 31.4. The molecule has 684 valence electrons. The summed E-state index contributed by atoms with van der Waals surface area (Å²) in [5.74, 6) is 2.21. The number of fused-ring (bicyclic) bond motifs is 9. The van der Waals surface area contributed by atoms with E-state index < -0.39 is 36.2 Å². The fraction of sp³-hybridized carbons (Fsp3) is 0.537. The van der Waals surface area contributed by atoms with Crippen LogP contribution in [0.2, 0.25) is 15.1 Å². The van der Waals surface area contributed by atoms with E-state index in [4.69, 9.17) is 102 Å². The number of ketones is 1. The van der Waals surface area contributed by atoms with Crippen LogP contribution in [0.4, 0.5) is 16.2 Å². The summed E-state index contributed by atoms with van der Waals surface area (Å²) >= 11 is 28.0. The molecule has 24 rings (SSSR count). The van der Waals surface area contributed by atoms with Crippen LogP contribution < -0.4 is 60.2 Å². The fourth-order valence-corrected chi connectivity index (χ4v) is 22.8. The van der Waals surface area contributed by atoms with Crippen molar-refractivity contribution in [3.8, 4) is 35.1 Å². The number of halogens is 6. The topological polar surface area (TPSA) is 491 Å². The molecule has 126 heavy (non-hydrogen) atoms. The van der Waals surface area contributed by atoms with Crippen molar-refractivity contribution >= 4 is 136 Å². The van der Waals surface area contributed by atoms with Gasteiger partial charge in [0.05, 0.1) is 191 Å². The zero-order chi connectivity index (χ0) is 86.6. The number of nitrogens with two attached hydrogens (primary N) is 2. The number of anilines is 2. The van der Waals surface area contributed by atoms with Gasteiger partial charge in [-0.2, -0.15) is 33.9 Å². The number of nitrogens with zero attached hydrogens (tertiary/aromatic N) is 10. The number of hydrogen-bond donors (Lipinski definition) is 6. The van der Waals surface area contributed by atoms with Gasteiger partial charge < -0.3 is 84.3 Å². The molecule has 37 nitrogen and oxygen atoms in total. The van der Waals surface area contributed by atoms with Crippen molar-refractivity contribution in [1.29, 1.82) is 0 Å². The van der Waals surface area contributed by atoms with Crippen LogP contribution in [0.5, 0.6) is 35.1 Å². The van der Waals surface area contributed by atoms with Crippen molar-refractivity contribution in [2.45, 2.75) is 124 Å². The summed E-state index contributed by atoms with van der Waals surface area (Å²) in [5, 5.41) is 33.6. The van der Waals surface area contributed by atoms with Crippen molar-refractivity contribution in [2.75, 3.05) is 141 Å². The van der Waals surface area contributed by atoms with Crippen LogP contribution in [0.1, 0.15) is 70.2 Å². The molecule has 17 heterocycles. The van der Waals surface area contributed by atoms with E-state index in [1.165, 1.54) is 123 Å². The molecule has 5 spiro atoms. The van der Waals surface area contributed by atoms with Crippen molar-refractivity contribution in [2.24, 2.45) is 37.6 Å². The Morgan fingerprint density at radius 1 is 0.516 bits per heavy atom. The first-order chi connectivity index (χ1) is 59.5. The van der Waals surface area contributed by atoms with Crippen molar-refractivity contribution in [1.82, 2.24) is 65.1 Å². The Hall–Kier alpha value is -7.41. The lowest BCUT2D eigenvalue weighted by atomic mass is 9.86. The highest BCUT2D eigenvalue weighted by molar-refractivity contribution is 9.10. The summed E-state index contributed by atoms with van der Waals surface area (Å²) in [6.07, 6.45) is 23.9. The second-order valence-electron chi connectivity index (χ2n) is 34.4. The SMILES string of the molecule is BrCC1(CBr)COC1.Brc1cnn2c1OCC1(COC1)C2.N.NS(=O)(=O)c1cnn2c1OCC1(COC1)C2.Nc1c2c(cc3c1CCC3)CCC2.O.O=C(Nc1c2c(cc3c1CCC3)CCC2)NS(=O)(=O)c1cnn2c1OCC1(COC1)C2.O=C1C=CNC1.O=S(=O)(Oc1c(Cl)cc(Cl)cc1Cl)c1cnn2c1OCC1(COC1)C2.c1cc2n(n1)CC1(COC1)CO2. The molecule has 4 aliphatic carbocycles. The van der Waals surface area contributed by atoms with Gasteiger partial charge in [-0.25, -0.2) is 54.9 Å². The number of ether oxygens (including phenoxy) is 11. The van der Waals surface area contributed by atoms with E-state index >= 15 is 0 Å². The average Bonchev–Trinajstić information content (AvgIpc) is 1.59. The van der Waals surface area contributed by atoms with Crippen LogP contribution >= 0.6 is 82.6 Å². The van der Waals surface area contributed by atoms with Crippen LogP contribution in [0.15, 0.2) is 92.8 Å². The maximum Gasteiger partial charge on any atom is 0.346 e. The molecule has 8 aromatic rings. The zero-order valence-electron chi connectivity index (χ0n) is 68.6. The highest BCUT2D eigenvalue weighted by atomic mass is 79.9. The lowest BCUT2D eigenvalue weighted by Gasteiger charge is -2.43. The molecule has 0 saturated carbocycles. The van der Waals surface area contributed by atoms with Crippen LogP contribution in [0, 0.1) is 32.5 Å². The van der Waals surface area contributed by atoms with Crippen molar-refractivity contribution in [3.63, 3.8) is 0 Å². The standard InChI is InChI=1S/C21H24N4O5S.C14H11Cl3N2O5S.C12H15N.C8H9BrN2O2.C8H11N3O4S.C8H10N2O2.C5H8Br2O.C4H5NO.H3N.H2O/c26-20(23-18-15-5-1-3-13(15)7-14-4-2-6-16(14)18)24-31(27,28)17-8-22-25-9-21(10-29-11-21)12-30-19(17)25;15-8-1-9(16)12(10(17)2-8)24-25(20,21)11-3-18-19-4-14(5-22-6-14)7-23-13(11)19;13-12-10-5-1-3-8(10)7-9-4-2-6-11(9)12;9-6-1-10-11-2-8(3-12-4-8)5-13-7(6)11;9-16(12,13)6-1-10-11-2-8(3-14-4-8)5-15-7(6)11;1-2-9-10-3-8(4-11-5-8)6-12-7(1)10;6-1-5(2-7)3-8-4-5;6-4-1-2-5-3-4;;/h7-8H,1-6,9-12H2,(H2,23,24,26);1-3H,4-7H2;7H,1-6,13H2;1H,2-5H2;1H,2-5H2,(H2,9,12,13);1-2H,3-6H2;1-4H2;1-2,5H,3H2;1H3;1H2. The first-order valence-corrected chi connectivity index (χ1v) is 49.2. The molecule has 0 radical (unpaired) electrons. The number of benzene rings is 3. The Morgan fingerprint density at radius 2 is 0.913 bits per heavy atom. The molecule has 3 aromatic carbocycles. The number of rotatable bonds is 9. The maximum atomic E-state index is 12.9. The Kier molecular flexibility index (Phi) is 28.0. The minimum Gasteiger partial charge on any atom is -0.477 e. The van der Waals surface area contributed by atoms with Crippen LogP contribution in [-0.4, -0.2) is 221 Å². The van der Waals surface area contributed by atoms with Crippen LogP contribution in [0.3, 0.4) is 0 Å².